The zero-order valence-corrected chi connectivity index (χ0v) is 21.9. The number of imide groups is 1. The van der Waals surface area contributed by atoms with Gasteiger partial charge in [-0.15, -0.1) is 5.06 Å². The molecule has 36 heavy (non-hydrogen) atoms. The first-order valence-electron chi connectivity index (χ1n) is 14.1. The summed E-state index contributed by atoms with van der Waals surface area (Å²) in [5.74, 6) is -0.213. The highest BCUT2D eigenvalue weighted by Gasteiger charge is 2.65. The molecule has 1 saturated heterocycles. The maximum atomic E-state index is 12.4. The number of rotatable bonds is 5. The zero-order valence-electron chi connectivity index (χ0n) is 21.9. The minimum Gasteiger partial charge on any atom is -0.393 e. The van der Waals surface area contributed by atoms with E-state index >= 15 is 0 Å². The quantitative estimate of drug-likeness (QED) is 0.491. The van der Waals surface area contributed by atoms with Crippen molar-refractivity contribution >= 4 is 17.8 Å². The molecule has 6 unspecified atom stereocenters. The number of aliphatic hydroxyl groups excluding tert-OH is 3. The van der Waals surface area contributed by atoms with E-state index < -0.39 is 30.0 Å². The highest BCUT2D eigenvalue weighted by atomic mass is 16.7. The number of fused-ring (bicyclic) bond motifs is 5. The lowest BCUT2D eigenvalue weighted by atomic mass is 9.43. The number of hydroxylamine groups is 2. The maximum absolute atomic E-state index is 12.4. The van der Waals surface area contributed by atoms with E-state index in [4.69, 9.17) is 4.84 Å². The smallest absolute Gasteiger partial charge is 0.333 e. The third-order valence-corrected chi connectivity index (χ3v) is 11.5. The van der Waals surface area contributed by atoms with Crippen LogP contribution in [0.1, 0.15) is 91.4 Å². The molecule has 8 heteroatoms. The molecule has 5 fully saturated rings. The molecule has 202 valence electrons. The van der Waals surface area contributed by atoms with Gasteiger partial charge in [0, 0.05) is 19.3 Å². The standard InChI is InChI=1S/C28H43NO7/c1-15(4-9-25(35)36-29-23(33)7-8-24(29)34)18-5-6-19-26-20(14-22(32)28(18,19)3)27(2)11-10-17(30)12-16(27)13-21(26)31/h15-22,26,30-32H,4-14H2,1-3H3/t15-,16?,17-,18?,19+,20?,21+,22?,26+,27?,28?/m1/s1. The molecule has 2 amide bonds. The van der Waals surface area contributed by atoms with Crippen LogP contribution < -0.4 is 0 Å². The molecular weight excluding hydrogens is 462 g/mol. The van der Waals surface area contributed by atoms with Gasteiger partial charge < -0.3 is 20.2 Å². The van der Waals surface area contributed by atoms with Gasteiger partial charge >= 0.3 is 5.97 Å². The molecule has 1 aliphatic heterocycles. The van der Waals surface area contributed by atoms with Crippen molar-refractivity contribution in [3.05, 3.63) is 0 Å². The molecule has 4 aliphatic carbocycles. The summed E-state index contributed by atoms with van der Waals surface area (Å²) in [5, 5.41) is 33.9. The Bertz CT molecular complexity index is 892. The molecule has 0 bridgehead atoms. The van der Waals surface area contributed by atoms with Crippen LogP contribution in [0.2, 0.25) is 0 Å². The molecule has 1 heterocycles. The molecule has 8 nitrogen and oxygen atoms in total. The predicted molar refractivity (Wildman–Crippen MR) is 130 cm³/mol. The average molecular weight is 506 g/mol. The summed E-state index contributed by atoms with van der Waals surface area (Å²) in [6, 6.07) is 0. The van der Waals surface area contributed by atoms with Crippen molar-refractivity contribution in [2.24, 2.45) is 46.3 Å². The Kier molecular flexibility index (Phi) is 6.78. The molecule has 5 aliphatic rings. The normalized spacial score (nSPS) is 47.2. The number of aliphatic hydroxyl groups is 3. The Labute approximate surface area is 213 Å². The lowest BCUT2D eigenvalue weighted by Gasteiger charge is -2.63. The predicted octanol–water partition coefficient (Wildman–Crippen LogP) is 2.97. The van der Waals surface area contributed by atoms with Crippen molar-refractivity contribution < 1.29 is 34.5 Å². The fourth-order valence-corrected chi connectivity index (χ4v) is 9.48. The minimum absolute atomic E-state index is 0.0450. The van der Waals surface area contributed by atoms with Crippen LogP contribution >= 0.6 is 0 Å². The Hall–Kier alpha value is -1.51. The monoisotopic (exact) mass is 505 g/mol. The van der Waals surface area contributed by atoms with Gasteiger partial charge in [-0.25, -0.2) is 4.79 Å². The van der Waals surface area contributed by atoms with E-state index in [2.05, 4.69) is 20.8 Å². The van der Waals surface area contributed by atoms with Gasteiger partial charge in [0.2, 0.25) is 0 Å². The third kappa shape index (κ3) is 4.02. The molecule has 4 saturated carbocycles. The number of hydrogen-bond acceptors (Lipinski definition) is 7. The van der Waals surface area contributed by atoms with Crippen molar-refractivity contribution in [2.45, 2.75) is 110 Å². The fourth-order valence-electron chi connectivity index (χ4n) is 9.48. The summed E-state index contributed by atoms with van der Waals surface area (Å²) in [4.78, 5) is 40.9. The van der Waals surface area contributed by atoms with Crippen LogP contribution in [-0.4, -0.2) is 56.5 Å². The molecular formula is C28H43NO7. The first kappa shape index (κ1) is 26.1. The van der Waals surface area contributed by atoms with Gasteiger partial charge in [0.05, 0.1) is 18.3 Å². The fraction of sp³-hybridized carbons (Fsp3) is 0.893. The molecule has 11 atom stereocenters. The van der Waals surface area contributed by atoms with E-state index in [0.717, 1.165) is 38.5 Å². The lowest BCUT2D eigenvalue weighted by Crippen LogP contribution is -2.62. The van der Waals surface area contributed by atoms with Gasteiger partial charge in [-0.1, -0.05) is 20.8 Å². The lowest BCUT2D eigenvalue weighted by molar-refractivity contribution is -0.207. The highest BCUT2D eigenvalue weighted by Crippen LogP contribution is 2.68. The Balaban J connectivity index is 1.27. The van der Waals surface area contributed by atoms with Crippen molar-refractivity contribution in [1.82, 2.24) is 5.06 Å². The maximum Gasteiger partial charge on any atom is 0.333 e. The summed E-state index contributed by atoms with van der Waals surface area (Å²) < 4.78 is 0. The van der Waals surface area contributed by atoms with Gasteiger partial charge in [0.25, 0.3) is 11.8 Å². The van der Waals surface area contributed by atoms with E-state index in [-0.39, 0.29) is 65.8 Å². The molecule has 0 spiro atoms. The zero-order chi connectivity index (χ0) is 26.0. The molecule has 3 N–H and O–H groups in total. The van der Waals surface area contributed by atoms with Crippen LogP contribution in [0.25, 0.3) is 0 Å². The Morgan fingerprint density at radius 1 is 1.03 bits per heavy atom. The summed E-state index contributed by atoms with van der Waals surface area (Å²) in [5.41, 5.74) is -0.285. The van der Waals surface area contributed by atoms with Gasteiger partial charge in [0.15, 0.2) is 0 Å². The first-order valence-corrected chi connectivity index (χ1v) is 14.1. The SMILES string of the molecule is C[C@H](CCC(=O)ON1C(=O)CCC1=O)C1CC[C@H]2[C@H]3C(CC(O)C12C)C1(C)CC[C@@H](O)CC1C[C@@H]3O. The summed E-state index contributed by atoms with van der Waals surface area (Å²) in [7, 11) is 0. The van der Waals surface area contributed by atoms with Crippen molar-refractivity contribution in [1.29, 1.82) is 0 Å². The molecule has 0 aromatic heterocycles. The van der Waals surface area contributed by atoms with Crippen LogP contribution in [0.5, 0.6) is 0 Å². The second-order valence-electron chi connectivity index (χ2n) is 13.1. The topological polar surface area (TPSA) is 124 Å². The van der Waals surface area contributed by atoms with Crippen LogP contribution in [-0.2, 0) is 19.2 Å². The van der Waals surface area contributed by atoms with Crippen LogP contribution in [0.3, 0.4) is 0 Å². The number of carbonyl (C=O) groups is 3. The molecule has 0 aromatic rings. The number of hydrogen-bond donors (Lipinski definition) is 3. The van der Waals surface area contributed by atoms with Gasteiger partial charge in [-0.3, -0.25) is 9.59 Å². The van der Waals surface area contributed by atoms with Gasteiger partial charge in [0.1, 0.15) is 0 Å². The number of nitrogens with zero attached hydrogens (tertiary/aromatic N) is 1. The highest BCUT2D eigenvalue weighted by molar-refractivity contribution is 6.01. The van der Waals surface area contributed by atoms with Crippen molar-refractivity contribution in [2.75, 3.05) is 0 Å². The molecule has 0 aromatic carbocycles. The first-order chi connectivity index (χ1) is 17.0. The van der Waals surface area contributed by atoms with Crippen LogP contribution in [0.15, 0.2) is 0 Å². The van der Waals surface area contributed by atoms with E-state index in [1.54, 1.807) is 0 Å². The molecule has 5 rings (SSSR count). The van der Waals surface area contributed by atoms with Crippen LogP contribution in [0, 0.1) is 46.3 Å². The van der Waals surface area contributed by atoms with Gasteiger partial charge in [-0.2, -0.15) is 0 Å². The summed E-state index contributed by atoms with van der Waals surface area (Å²) in [6.45, 7) is 6.64. The second-order valence-corrected chi connectivity index (χ2v) is 13.1. The van der Waals surface area contributed by atoms with E-state index in [9.17, 15) is 29.7 Å². The van der Waals surface area contributed by atoms with E-state index in [1.165, 1.54) is 0 Å². The number of amides is 2. The Morgan fingerprint density at radius 3 is 2.42 bits per heavy atom. The second kappa shape index (κ2) is 9.35. The third-order valence-electron chi connectivity index (χ3n) is 11.5. The van der Waals surface area contributed by atoms with E-state index in [1.807, 2.05) is 0 Å². The Morgan fingerprint density at radius 2 is 1.72 bits per heavy atom. The van der Waals surface area contributed by atoms with Gasteiger partial charge in [-0.05, 0) is 97.7 Å². The van der Waals surface area contributed by atoms with Crippen molar-refractivity contribution in [3.8, 4) is 0 Å². The summed E-state index contributed by atoms with van der Waals surface area (Å²) in [6.07, 6.45) is 5.50. The summed E-state index contributed by atoms with van der Waals surface area (Å²) >= 11 is 0. The van der Waals surface area contributed by atoms with Crippen LogP contribution in [0.4, 0.5) is 0 Å². The average Bonchev–Trinajstić information content (AvgIpc) is 3.34. The molecule has 0 radical (unpaired) electrons. The largest absolute Gasteiger partial charge is 0.393 e. The minimum atomic E-state index is -0.574. The van der Waals surface area contributed by atoms with Crippen molar-refractivity contribution in [3.63, 3.8) is 0 Å². The van der Waals surface area contributed by atoms with E-state index in [0.29, 0.717) is 23.8 Å². The number of carbonyl (C=O) groups excluding carboxylic acids is 3.